The van der Waals surface area contributed by atoms with E-state index in [4.69, 9.17) is 20.4 Å². The van der Waals surface area contributed by atoms with Gasteiger partial charge in [0.05, 0.1) is 22.3 Å². The van der Waals surface area contributed by atoms with E-state index in [0.29, 0.717) is 21.5 Å². The molecule has 0 saturated carbocycles. The Bertz CT molecular complexity index is 1310. The first-order chi connectivity index (χ1) is 15.2. The van der Waals surface area contributed by atoms with E-state index in [-0.39, 0.29) is 22.3 Å². The summed E-state index contributed by atoms with van der Waals surface area (Å²) in [6, 6.07) is 19.5. The molecule has 0 aliphatic carbocycles. The normalized spacial score (nSPS) is 10.2. The Morgan fingerprint density at radius 3 is 1.34 bits per heavy atom. The highest BCUT2D eigenvalue weighted by molar-refractivity contribution is 6.11. The molecule has 0 radical (unpaired) electrons. The SMILES string of the molecule is O=C(O)c1cc2ccccc2cc1C(=O)O.O=C(O)c1ccc2ccccc2c1C(=O)O. The van der Waals surface area contributed by atoms with Crippen LogP contribution in [0.3, 0.4) is 0 Å². The zero-order valence-corrected chi connectivity index (χ0v) is 16.4. The van der Waals surface area contributed by atoms with Crippen molar-refractivity contribution in [3.63, 3.8) is 0 Å². The summed E-state index contributed by atoms with van der Waals surface area (Å²) < 4.78 is 0. The van der Waals surface area contributed by atoms with Crippen molar-refractivity contribution in [3.8, 4) is 0 Å². The highest BCUT2D eigenvalue weighted by Crippen LogP contribution is 2.23. The van der Waals surface area contributed by atoms with Crippen LogP contribution in [-0.2, 0) is 0 Å². The van der Waals surface area contributed by atoms with E-state index >= 15 is 0 Å². The molecule has 0 saturated heterocycles. The van der Waals surface area contributed by atoms with Gasteiger partial charge >= 0.3 is 23.9 Å². The zero-order chi connectivity index (χ0) is 23.4. The molecule has 8 nitrogen and oxygen atoms in total. The second-order valence-corrected chi connectivity index (χ2v) is 6.67. The third kappa shape index (κ3) is 4.39. The van der Waals surface area contributed by atoms with Crippen LogP contribution in [0, 0.1) is 0 Å². The number of carboxylic acids is 4. The fourth-order valence-corrected chi connectivity index (χ4v) is 3.27. The highest BCUT2D eigenvalue weighted by atomic mass is 16.4. The summed E-state index contributed by atoms with van der Waals surface area (Å²) in [5, 5.41) is 38.4. The van der Waals surface area contributed by atoms with E-state index in [9.17, 15) is 19.2 Å². The van der Waals surface area contributed by atoms with Crippen molar-refractivity contribution >= 4 is 45.4 Å². The summed E-state index contributed by atoms with van der Waals surface area (Å²) in [4.78, 5) is 43.8. The van der Waals surface area contributed by atoms with Crippen molar-refractivity contribution in [3.05, 3.63) is 95.1 Å². The third-order valence-corrected chi connectivity index (χ3v) is 4.72. The number of carboxylic acid groups (broad SMARTS) is 4. The minimum Gasteiger partial charge on any atom is -0.478 e. The van der Waals surface area contributed by atoms with E-state index in [1.807, 2.05) is 0 Å². The van der Waals surface area contributed by atoms with Gasteiger partial charge in [-0.05, 0) is 39.7 Å². The van der Waals surface area contributed by atoms with Gasteiger partial charge in [0, 0.05) is 0 Å². The minimum absolute atomic E-state index is 0.161. The fourth-order valence-electron chi connectivity index (χ4n) is 3.27. The molecule has 0 unspecified atom stereocenters. The van der Waals surface area contributed by atoms with Gasteiger partial charge in [0.1, 0.15) is 0 Å². The van der Waals surface area contributed by atoms with E-state index in [2.05, 4.69) is 0 Å². The lowest BCUT2D eigenvalue weighted by Crippen LogP contribution is -2.08. The van der Waals surface area contributed by atoms with Crippen molar-refractivity contribution < 1.29 is 39.6 Å². The highest BCUT2D eigenvalue weighted by Gasteiger charge is 2.18. The number of hydrogen-bond acceptors (Lipinski definition) is 4. The molecule has 4 aromatic rings. The van der Waals surface area contributed by atoms with Gasteiger partial charge in [-0.3, -0.25) is 0 Å². The molecule has 0 heterocycles. The molecule has 8 heteroatoms. The molecule has 4 rings (SSSR count). The van der Waals surface area contributed by atoms with Gasteiger partial charge in [-0.1, -0.05) is 54.6 Å². The van der Waals surface area contributed by atoms with Crippen LogP contribution in [0.2, 0.25) is 0 Å². The Morgan fingerprint density at radius 1 is 0.469 bits per heavy atom. The van der Waals surface area contributed by atoms with Crippen molar-refractivity contribution in [1.82, 2.24) is 0 Å². The molecule has 0 aliphatic heterocycles. The third-order valence-electron chi connectivity index (χ3n) is 4.72. The van der Waals surface area contributed by atoms with Crippen LogP contribution >= 0.6 is 0 Å². The summed E-state index contributed by atoms with van der Waals surface area (Å²) in [7, 11) is 0. The quantitative estimate of drug-likeness (QED) is 0.369. The van der Waals surface area contributed by atoms with Gasteiger partial charge in [0.25, 0.3) is 0 Å². The van der Waals surface area contributed by atoms with Crippen molar-refractivity contribution in [2.75, 3.05) is 0 Å². The maximum absolute atomic E-state index is 11.1. The Hall–Kier alpha value is -4.72. The molecule has 32 heavy (non-hydrogen) atoms. The first kappa shape index (κ1) is 22.0. The lowest BCUT2D eigenvalue weighted by atomic mass is 9.99. The lowest BCUT2D eigenvalue weighted by molar-refractivity contribution is 0.0652. The number of carbonyl (C=O) groups is 4. The topological polar surface area (TPSA) is 149 Å². The predicted molar refractivity (Wildman–Crippen MR) is 116 cm³/mol. The second kappa shape index (κ2) is 8.97. The summed E-state index contributed by atoms with van der Waals surface area (Å²) >= 11 is 0. The lowest BCUT2D eigenvalue weighted by Gasteiger charge is -2.05. The Kier molecular flexibility index (Phi) is 6.16. The van der Waals surface area contributed by atoms with Crippen LogP contribution < -0.4 is 0 Å². The Labute approximate surface area is 180 Å². The number of aromatic carboxylic acids is 4. The fraction of sp³-hybridized carbons (Fsp3) is 0. The number of fused-ring (bicyclic) bond motifs is 2. The van der Waals surface area contributed by atoms with Gasteiger partial charge in [0.2, 0.25) is 0 Å². The number of benzene rings is 4. The van der Waals surface area contributed by atoms with Crippen LogP contribution in [0.15, 0.2) is 72.8 Å². The van der Waals surface area contributed by atoms with E-state index in [0.717, 1.165) is 0 Å². The first-order valence-corrected chi connectivity index (χ1v) is 9.18. The van der Waals surface area contributed by atoms with Gasteiger partial charge in [0.15, 0.2) is 0 Å². The van der Waals surface area contributed by atoms with E-state index < -0.39 is 23.9 Å². The molecule has 0 bridgehead atoms. The minimum atomic E-state index is -1.23. The molecule has 0 fully saturated rings. The maximum atomic E-state index is 11.1. The first-order valence-electron chi connectivity index (χ1n) is 9.18. The molecule has 4 aromatic carbocycles. The largest absolute Gasteiger partial charge is 0.478 e. The van der Waals surface area contributed by atoms with Crippen LogP contribution in [0.4, 0.5) is 0 Å². The molecule has 0 aliphatic rings. The molecule has 0 spiro atoms. The Morgan fingerprint density at radius 2 is 0.906 bits per heavy atom. The smallest absolute Gasteiger partial charge is 0.337 e. The molecular weight excluding hydrogens is 416 g/mol. The van der Waals surface area contributed by atoms with Crippen LogP contribution in [0.25, 0.3) is 21.5 Å². The van der Waals surface area contributed by atoms with E-state index in [1.54, 1.807) is 54.6 Å². The molecular formula is C24H16O8. The van der Waals surface area contributed by atoms with Gasteiger partial charge in [-0.15, -0.1) is 0 Å². The molecule has 4 N–H and O–H groups in total. The van der Waals surface area contributed by atoms with Crippen LogP contribution in [0.5, 0.6) is 0 Å². The summed E-state index contributed by atoms with van der Waals surface area (Å²) in [5.74, 6) is -4.93. The Balaban J connectivity index is 0.000000181. The van der Waals surface area contributed by atoms with Gasteiger partial charge in [-0.25, -0.2) is 19.2 Å². The van der Waals surface area contributed by atoms with Gasteiger partial charge < -0.3 is 20.4 Å². The average molecular weight is 432 g/mol. The predicted octanol–water partition coefficient (Wildman–Crippen LogP) is 4.47. The zero-order valence-electron chi connectivity index (χ0n) is 16.4. The van der Waals surface area contributed by atoms with Crippen LogP contribution in [-0.4, -0.2) is 44.3 Å². The molecule has 160 valence electrons. The van der Waals surface area contributed by atoms with Gasteiger partial charge in [-0.2, -0.15) is 0 Å². The van der Waals surface area contributed by atoms with Crippen molar-refractivity contribution in [1.29, 1.82) is 0 Å². The van der Waals surface area contributed by atoms with Crippen LogP contribution in [0.1, 0.15) is 41.4 Å². The molecule has 0 amide bonds. The standard InChI is InChI=1S/2C12H8O4/c13-11(14)9-5-7-3-1-2-4-8(7)6-10(9)12(15)16;13-11(14)9-6-5-7-3-1-2-4-8(7)10(9)12(15)16/h2*1-6H,(H,13,14)(H,15,16). The number of hydrogen-bond donors (Lipinski definition) is 4. The number of rotatable bonds is 4. The maximum Gasteiger partial charge on any atom is 0.337 e. The van der Waals surface area contributed by atoms with Crippen molar-refractivity contribution in [2.45, 2.75) is 0 Å². The summed E-state index contributed by atoms with van der Waals surface area (Å²) in [5.41, 5.74) is -0.728. The molecule has 0 atom stereocenters. The second-order valence-electron chi connectivity index (χ2n) is 6.67. The van der Waals surface area contributed by atoms with Crippen molar-refractivity contribution in [2.24, 2.45) is 0 Å². The molecule has 0 aromatic heterocycles. The average Bonchev–Trinajstić information content (AvgIpc) is 2.77. The van der Waals surface area contributed by atoms with E-state index in [1.165, 1.54) is 18.2 Å². The summed E-state index contributed by atoms with van der Waals surface area (Å²) in [6.45, 7) is 0. The summed E-state index contributed by atoms with van der Waals surface area (Å²) in [6.07, 6.45) is 0. The monoisotopic (exact) mass is 432 g/mol.